The number of piperazine rings is 1. The SMILES string of the molecule is c1ccc(CN2CCN(c3ncnc4sc(C5COc6ccccc6O5)cc34)CC2)cc1. The second kappa shape index (κ2) is 8.41. The molecular weight excluding hydrogens is 420 g/mol. The van der Waals surface area contributed by atoms with Gasteiger partial charge in [0, 0.05) is 32.7 Å². The number of benzene rings is 2. The Morgan fingerprint density at radius 3 is 2.53 bits per heavy atom. The van der Waals surface area contributed by atoms with Gasteiger partial charge in [-0.15, -0.1) is 11.3 Å². The Kier molecular flexibility index (Phi) is 5.13. The Hall–Kier alpha value is -3.16. The summed E-state index contributed by atoms with van der Waals surface area (Å²) in [4.78, 5) is 16.2. The summed E-state index contributed by atoms with van der Waals surface area (Å²) in [5.41, 5.74) is 1.36. The number of hydrogen-bond donors (Lipinski definition) is 0. The van der Waals surface area contributed by atoms with Gasteiger partial charge in [0.1, 0.15) is 23.6 Å². The lowest BCUT2D eigenvalue weighted by Crippen LogP contribution is -2.46. The van der Waals surface area contributed by atoms with Gasteiger partial charge in [0.05, 0.1) is 10.3 Å². The van der Waals surface area contributed by atoms with Crippen molar-refractivity contribution in [1.82, 2.24) is 14.9 Å². The van der Waals surface area contributed by atoms with Crippen molar-refractivity contribution < 1.29 is 9.47 Å². The van der Waals surface area contributed by atoms with Gasteiger partial charge >= 0.3 is 0 Å². The fourth-order valence-corrected chi connectivity index (χ4v) is 5.40. The number of aromatic nitrogens is 2. The highest BCUT2D eigenvalue weighted by Crippen LogP contribution is 2.40. The highest BCUT2D eigenvalue weighted by atomic mass is 32.1. The second-order valence-corrected chi connectivity index (χ2v) is 9.24. The van der Waals surface area contributed by atoms with Crippen LogP contribution in [0.2, 0.25) is 0 Å². The number of thiophene rings is 1. The molecule has 162 valence electrons. The highest BCUT2D eigenvalue weighted by Gasteiger charge is 2.26. The maximum Gasteiger partial charge on any atom is 0.167 e. The van der Waals surface area contributed by atoms with Crippen LogP contribution in [0.5, 0.6) is 11.5 Å². The normalized spacial score (nSPS) is 18.8. The summed E-state index contributed by atoms with van der Waals surface area (Å²) >= 11 is 1.67. The molecule has 0 aliphatic carbocycles. The van der Waals surface area contributed by atoms with E-state index in [0.717, 1.165) is 65.1 Å². The molecule has 2 aliphatic rings. The molecule has 1 unspecified atom stereocenters. The summed E-state index contributed by atoms with van der Waals surface area (Å²) < 4.78 is 12.1. The van der Waals surface area contributed by atoms with E-state index >= 15 is 0 Å². The zero-order valence-electron chi connectivity index (χ0n) is 17.7. The summed E-state index contributed by atoms with van der Waals surface area (Å²) in [5, 5.41) is 1.10. The number of nitrogens with zero attached hydrogens (tertiary/aromatic N) is 4. The lowest BCUT2D eigenvalue weighted by atomic mass is 10.2. The van der Waals surface area contributed by atoms with Crippen LogP contribution in [0.4, 0.5) is 5.82 Å². The van der Waals surface area contributed by atoms with Gasteiger partial charge in [-0.05, 0) is 23.8 Å². The third kappa shape index (κ3) is 3.78. The molecule has 4 heterocycles. The molecule has 6 nitrogen and oxygen atoms in total. The van der Waals surface area contributed by atoms with E-state index in [1.165, 1.54) is 5.56 Å². The van der Waals surface area contributed by atoms with E-state index in [0.29, 0.717) is 6.61 Å². The van der Waals surface area contributed by atoms with Gasteiger partial charge < -0.3 is 14.4 Å². The van der Waals surface area contributed by atoms with Crippen molar-refractivity contribution >= 4 is 27.4 Å². The number of fused-ring (bicyclic) bond motifs is 2. The molecule has 2 aromatic carbocycles. The summed E-state index contributed by atoms with van der Waals surface area (Å²) in [6, 6.07) is 20.7. The molecule has 0 amide bonds. The number of anilines is 1. The van der Waals surface area contributed by atoms with E-state index in [4.69, 9.17) is 9.47 Å². The van der Waals surface area contributed by atoms with Crippen molar-refractivity contribution in [2.24, 2.45) is 0 Å². The average molecular weight is 445 g/mol. The fraction of sp³-hybridized carbons (Fsp3) is 0.280. The van der Waals surface area contributed by atoms with Crippen LogP contribution >= 0.6 is 11.3 Å². The van der Waals surface area contributed by atoms with E-state index in [-0.39, 0.29) is 6.10 Å². The first kappa shape index (κ1) is 19.5. The van der Waals surface area contributed by atoms with Crippen LogP contribution in [0.3, 0.4) is 0 Å². The van der Waals surface area contributed by atoms with Crippen LogP contribution in [0, 0.1) is 0 Å². The first-order valence-corrected chi connectivity index (χ1v) is 11.8. The maximum absolute atomic E-state index is 6.22. The topological polar surface area (TPSA) is 50.7 Å². The first-order chi connectivity index (χ1) is 15.8. The lowest BCUT2D eigenvalue weighted by molar-refractivity contribution is 0.0938. The van der Waals surface area contributed by atoms with Crippen molar-refractivity contribution in [1.29, 1.82) is 0 Å². The molecule has 1 fully saturated rings. The molecule has 2 aliphatic heterocycles. The van der Waals surface area contributed by atoms with Gasteiger partial charge in [-0.25, -0.2) is 9.97 Å². The van der Waals surface area contributed by atoms with Gasteiger partial charge in [0.15, 0.2) is 17.6 Å². The van der Waals surface area contributed by atoms with E-state index in [1.807, 2.05) is 24.3 Å². The van der Waals surface area contributed by atoms with E-state index in [9.17, 15) is 0 Å². The van der Waals surface area contributed by atoms with Crippen LogP contribution in [0.15, 0.2) is 67.0 Å². The molecule has 6 rings (SSSR count). The standard InChI is InChI=1S/C25H24N4O2S/c1-2-6-18(7-3-1)15-28-10-12-29(13-11-28)24-19-14-23(32-25(19)27-17-26-24)22-16-30-20-8-4-5-9-21(20)31-22/h1-9,14,17,22H,10-13,15-16H2. The molecule has 0 saturated carbocycles. The number of rotatable bonds is 4. The highest BCUT2D eigenvalue weighted by molar-refractivity contribution is 7.18. The van der Waals surface area contributed by atoms with Crippen molar-refractivity contribution in [3.05, 3.63) is 77.4 Å². The monoisotopic (exact) mass is 444 g/mol. The average Bonchev–Trinajstić information content (AvgIpc) is 3.30. The molecule has 1 atom stereocenters. The number of ether oxygens (including phenoxy) is 2. The van der Waals surface area contributed by atoms with Gasteiger partial charge in [-0.2, -0.15) is 0 Å². The molecule has 7 heteroatoms. The first-order valence-electron chi connectivity index (χ1n) is 11.0. The third-order valence-corrected chi connectivity index (χ3v) is 7.21. The third-order valence-electron chi connectivity index (χ3n) is 6.07. The minimum absolute atomic E-state index is 0.125. The second-order valence-electron chi connectivity index (χ2n) is 8.18. The summed E-state index contributed by atoms with van der Waals surface area (Å²) in [6.45, 7) is 5.46. The summed E-state index contributed by atoms with van der Waals surface area (Å²) in [6.07, 6.45) is 1.56. The smallest absolute Gasteiger partial charge is 0.167 e. The number of hydrogen-bond acceptors (Lipinski definition) is 7. The number of para-hydroxylation sites is 2. The van der Waals surface area contributed by atoms with Crippen LogP contribution in [0.1, 0.15) is 16.5 Å². The van der Waals surface area contributed by atoms with Crippen LogP contribution < -0.4 is 14.4 Å². The van der Waals surface area contributed by atoms with E-state index < -0.39 is 0 Å². The molecule has 2 aromatic heterocycles. The fourth-order valence-electron chi connectivity index (χ4n) is 4.39. The van der Waals surface area contributed by atoms with Crippen molar-refractivity contribution in [2.45, 2.75) is 12.6 Å². The van der Waals surface area contributed by atoms with Crippen LogP contribution in [0.25, 0.3) is 10.2 Å². The molecule has 0 radical (unpaired) electrons. The molecule has 32 heavy (non-hydrogen) atoms. The van der Waals surface area contributed by atoms with Crippen molar-refractivity contribution in [3.8, 4) is 11.5 Å². The minimum atomic E-state index is -0.125. The molecule has 1 saturated heterocycles. The van der Waals surface area contributed by atoms with Crippen LogP contribution in [-0.2, 0) is 6.54 Å². The van der Waals surface area contributed by atoms with Gasteiger partial charge in [0.25, 0.3) is 0 Å². The zero-order chi connectivity index (χ0) is 21.3. The van der Waals surface area contributed by atoms with Crippen molar-refractivity contribution in [2.75, 3.05) is 37.7 Å². The molecule has 0 bridgehead atoms. The summed E-state index contributed by atoms with van der Waals surface area (Å²) in [7, 11) is 0. The maximum atomic E-state index is 6.22. The molecule has 0 spiro atoms. The summed E-state index contributed by atoms with van der Waals surface area (Å²) in [5.74, 6) is 2.62. The molecule has 4 aromatic rings. The quantitative estimate of drug-likeness (QED) is 0.461. The largest absolute Gasteiger partial charge is 0.485 e. The Morgan fingerprint density at radius 2 is 1.69 bits per heavy atom. The van der Waals surface area contributed by atoms with Crippen molar-refractivity contribution in [3.63, 3.8) is 0 Å². The molecule has 0 N–H and O–H groups in total. The molecular formula is C25H24N4O2S. The van der Waals surface area contributed by atoms with Gasteiger partial charge in [-0.3, -0.25) is 4.90 Å². The minimum Gasteiger partial charge on any atom is -0.485 e. The predicted molar refractivity (Wildman–Crippen MR) is 127 cm³/mol. The Balaban J connectivity index is 1.19. The Labute approximate surface area is 191 Å². The van der Waals surface area contributed by atoms with E-state index in [1.54, 1.807) is 17.7 Å². The van der Waals surface area contributed by atoms with Crippen LogP contribution in [-0.4, -0.2) is 47.7 Å². The van der Waals surface area contributed by atoms with Gasteiger partial charge in [0.2, 0.25) is 0 Å². The Bertz CT molecular complexity index is 1220. The zero-order valence-corrected chi connectivity index (χ0v) is 18.5. The van der Waals surface area contributed by atoms with E-state index in [2.05, 4.69) is 56.2 Å². The van der Waals surface area contributed by atoms with Gasteiger partial charge in [-0.1, -0.05) is 42.5 Å². The Morgan fingerprint density at radius 1 is 0.906 bits per heavy atom. The predicted octanol–water partition coefficient (Wildman–Crippen LogP) is 4.53. The lowest BCUT2D eigenvalue weighted by Gasteiger charge is -2.35.